The molecule has 296 valence electrons. The summed E-state index contributed by atoms with van der Waals surface area (Å²) in [4.78, 5) is 10.6. The summed E-state index contributed by atoms with van der Waals surface area (Å²) in [5.74, 6) is 0.653. The molecule has 4 nitrogen and oxygen atoms in total. The minimum Gasteiger partial charge on any atom is -0.309 e. The van der Waals surface area contributed by atoms with Gasteiger partial charge in [0.2, 0.25) is 5.95 Å². The molecule has 4 heteroatoms. The molecule has 0 spiro atoms. The average Bonchev–Trinajstić information content (AvgIpc) is 4.00. The molecular weight excluding hydrogens is 777 g/mol. The normalized spacial score (nSPS) is 12.1. The van der Waals surface area contributed by atoms with E-state index in [1.807, 2.05) is 0 Å². The second-order valence-electron chi connectivity index (χ2n) is 16.9. The van der Waals surface area contributed by atoms with Crippen molar-refractivity contribution in [3.05, 3.63) is 218 Å². The zero-order valence-corrected chi connectivity index (χ0v) is 34.6. The molecule has 1 aliphatic rings. The highest BCUT2D eigenvalue weighted by Gasteiger charge is 2.26. The Morgan fingerprint density at radius 3 is 1.64 bits per heavy atom. The van der Waals surface area contributed by atoms with Gasteiger partial charge < -0.3 is 4.57 Å². The largest absolute Gasteiger partial charge is 0.309 e. The van der Waals surface area contributed by atoms with E-state index in [9.17, 15) is 0 Å². The molecule has 0 unspecified atom stereocenters. The first-order valence-electron chi connectivity index (χ1n) is 21.9. The quantitative estimate of drug-likeness (QED) is 0.174. The predicted molar refractivity (Wildman–Crippen MR) is 266 cm³/mol. The summed E-state index contributed by atoms with van der Waals surface area (Å²) in [5, 5.41) is 8.50. The van der Waals surface area contributed by atoms with E-state index >= 15 is 0 Å². The van der Waals surface area contributed by atoms with Gasteiger partial charge >= 0.3 is 0 Å². The highest BCUT2D eigenvalue weighted by Crippen LogP contribution is 2.51. The van der Waals surface area contributed by atoms with Crippen LogP contribution in [0.3, 0.4) is 0 Å². The standard InChI is InChI=1S/C60H36N4/c1-3-14-37(15-4-1)38-26-28-39(29-27-38)59-47-21-9-11-24-52(47)61-60(62-59)64-53-25-12-10-20-45(53)49-34-40(30-32-54(49)64)41-31-33-55-51(35-41)58-48-23-13-22-46-43-18-7-8-19-44(43)50(57(46)48)36-56(58)63(55)42-16-5-2-6-17-42/h1-36H. The van der Waals surface area contributed by atoms with E-state index in [1.54, 1.807) is 0 Å². The Bertz CT molecular complexity index is 4050. The van der Waals surface area contributed by atoms with Crippen LogP contribution in [0.25, 0.3) is 133 Å². The van der Waals surface area contributed by atoms with Gasteiger partial charge in [0.25, 0.3) is 0 Å². The SMILES string of the molecule is c1ccc(-c2ccc(-c3nc(-n4c5ccccc5c5cc(-c6ccc7c(c6)c6c8cccc9c8c(cc6n7-c6ccccc6)-c6ccccc6-9)ccc54)nc4ccccc34)cc2)cc1. The van der Waals surface area contributed by atoms with Gasteiger partial charge in [0.1, 0.15) is 0 Å². The van der Waals surface area contributed by atoms with Crippen LogP contribution in [-0.2, 0) is 0 Å². The van der Waals surface area contributed by atoms with Crippen molar-refractivity contribution in [3.63, 3.8) is 0 Å². The molecule has 0 bridgehead atoms. The van der Waals surface area contributed by atoms with Crippen molar-refractivity contribution in [2.45, 2.75) is 0 Å². The van der Waals surface area contributed by atoms with Gasteiger partial charge in [-0.1, -0.05) is 164 Å². The number of hydrogen-bond donors (Lipinski definition) is 0. The third kappa shape index (κ3) is 5.05. The summed E-state index contributed by atoms with van der Waals surface area (Å²) in [6.45, 7) is 0. The summed E-state index contributed by atoms with van der Waals surface area (Å²) in [7, 11) is 0. The molecule has 3 heterocycles. The zero-order chi connectivity index (χ0) is 41.9. The lowest BCUT2D eigenvalue weighted by atomic mass is 9.96. The van der Waals surface area contributed by atoms with Crippen LogP contribution in [0.1, 0.15) is 0 Å². The lowest BCUT2D eigenvalue weighted by molar-refractivity contribution is 1.01. The van der Waals surface area contributed by atoms with E-state index in [0.29, 0.717) is 5.95 Å². The van der Waals surface area contributed by atoms with Crippen molar-refractivity contribution in [2.75, 3.05) is 0 Å². The monoisotopic (exact) mass is 812 g/mol. The molecule has 0 saturated carbocycles. The molecule has 64 heavy (non-hydrogen) atoms. The fourth-order valence-electron chi connectivity index (χ4n) is 10.6. The van der Waals surface area contributed by atoms with Crippen LogP contribution in [0.5, 0.6) is 0 Å². The fraction of sp³-hybridized carbons (Fsp3) is 0. The fourth-order valence-corrected chi connectivity index (χ4v) is 10.6. The smallest absolute Gasteiger partial charge is 0.235 e. The van der Waals surface area contributed by atoms with Gasteiger partial charge in [-0.3, -0.25) is 4.57 Å². The first kappa shape index (κ1) is 35.0. The maximum absolute atomic E-state index is 5.39. The molecule has 3 aromatic heterocycles. The van der Waals surface area contributed by atoms with E-state index < -0.39 is 0 Å². The lowest BCUT2D eigenvalue weighted by Gasteiger charge is -2.12. The van der Waals surface area contributed by atoms with E-state index in [0.717, 1.165) is 55.2 Å². The third-order valence-electron chi connectivity index (χ3n) is 13.5. The van der Waals surface area contributed by atoms with E-state index in [2.05, 4.69) is 228 Å². The molecule has 1 aliphatic carbocycles. The molecule has 0 atom stereocenters. The summed E-state index contributed by atoms with van der Waals surface area (Å²) < 4.78 is 4.68. The molecule has 0 N–H and O–H groups in total. The number of nitrogens with zero attached hydrogens (tertiary/aromatic N) is 4. The van der Waals surface area contributed by atoms with Crippen LogP contribution in [0, 0.1) is 0 Å². The van der Waals surface area contributed by atoms with Crippen LogP contribution in [0.4, 0.5) is 0 Å². The minimum atomic E-state index is 0.653. The number of para-hydroxylation sites is 3. The predicted octanol–water partition coefficient (Wildman–Crippen LogP) is 15.6. The summed E-state index contributed by atoms with van der Waals surface area (Å²) in [6.07, 6.45) is 0. The highest BCUT2D eigenvalue weighted by molar-refractivity contribution is 6.29. The summed E-state index contributed by atoms with van der Waals surface area (Å²) in [5.41, 5.74) is 18.5. The van der Waals surface area contributed by atoms with Crippen molar-refractivity contribution in [2.24, 2.45) is 0 Å². The van der Waals surface area contributed by atoms with Crippen LogP contribution in [0.15, 0.2) is 218 Å². The van der Waals surface area contributed by atoms with Crippen molar-refractivity contribution in [3.8, 4) is 67.4 Å². The molecule has 0 radical (unpaired) electrons. The van der Waals surface area contributed by atoms with Gasteiger partial charge in [0.05, 0.1) is 33.3 Å². The maximum Gasteiger partial charge on any atom is 0.235 e. The van der Waals surface area contributed by atoms with Gasteiger partial charge in [-0.2, -0.15) is 0 Å². The second-order valence-corrected chi connectivity index (χ2v) is 16.9. The zero-order valence-electron chi connectivity index (χ0n) is 34.6. The van der Waals surface area contributed by atoms with Gasteiger partial charge in [-0.25, -0.2) is 9.97 Å². The van der Waals surface area contributed by atoms with Crippen molar-refractivity contribution in [1.82, 2.24) is 19.1 Å². The first-order chi connectivity index (χ1) is 31.7. The second kappa shape index (κ2) is 13.4. The van der Waals surface area contributed by atoms with E-state index in [1.165, 1.54) is 71.5 Å². The Kier molecular flexibility index (Phi) is 7.36. The topological polar surface area (TPSA) is 35.6 Å². The van der Waals surface area contributed by atoms with Gasteiger partial charge in [0, 0.05) is 38.2 Å². The van der Waals surface area contributed by atoms with Gasteiger partial charge in [0.15, 0.2) is 0 Å². The Balaban J connectivity index is 0.959. The maximum atomic E-state index is 5.39. The first-order valence-corrected chi connectivity index (χ1v) is 21.9. The van der Waals surface area contributed by atoms with Crippen molar-refractivity contribution < 1.29 is 0 Å². The van der Waals surface area contributed by atoms with Crippen molar-refractivity contribution >= 4 is 65.3 Å². The number of fused-ring (bicyclic) bond motifs is 11. The molecule has 0 saturated heterocycles. The highest BCUT2D eigenvalue weighted by atomic mass is 15.2. The van der Waals surface area contributed by atoms with Crippen LogP contribution in [-0.4, -0.2) is 19.1 Å². The lowest BCUT2D eigenvalue weighted by Crippen LogP contribution is -2.03. The Hall–Kier alpha value is -8.60. The molecule has 13 aromatic rings. The molecule has 0 fully saturated rings. The summed E-state index contributed by atoms with van der Waals surface area (Å²) in [6, 6.07) is 79.0. The molecular formula is C60H36N4. The molecule has 0 aliphatic heterocycles. The molecule has 14 rings (SSSR count). The minimum absolute atomic E-state index is 0.653. The molecule has 10 aromatic carbocycles. The Morgan fingerprint density at radius 2 is 0.844 bits per heavy atom. The Labute approximate surface area is 368 Å². The number of rotatable bonds is 5. The Morgan fingerprint density at radius 1 is 0.281 bits per heavy atom. The average molecular weight is 813 g/mol. The number of aromatic nitrogens is 4. The summed E-state index contributed by atoms with van der Waals surface area (Å²) >= 11 is 0. The van der Waals surface area contributed by atoms with Crippen LogP contribution in [0.2, 0.25) is 0 Å². The van der Waals surface area contributed by atoms with Gasteiger partial charge in [-0.15, -0.1) is 0 Å². The number of benzene rings is 10. The van der Waals surface area contributed by atoms with E-state index in [4.69, 9.17) is 9.97 Å². The van der Waals surface area contributed by atoms with Crippen molar-refractivity contribution in [1.29, 1.82) is 0 Å². The third-order valence-corrected chi connectivity index (χ3v) is 13.5. The van der Waals surface area contributed by atoms with Crippen LogP contribution >= 0.6 is 0 Å². The van der Waals surface area contributed by atoms with E-state index in [-0.39, 0.29) is 0 Å². The molecule has 0 amide bonds. The van der Waals surface area contributed by atoms with Crippen LogP contribution < -0.4 is 0 Å². The van der Waals surface area contributed by atoms with Gasteiger partial charge in [-0.05, 0) is 110 Å². The number of hydrogen-bond acceptors (Lipinski definition) is 2.